The number of ether oxygens (including phenoxy) is 2. The fourth-order valence-corrected chi connectivity index (χ4v) is 5.80. The SMILES string of the molecule is COc1ccc(S(=O)(=O)N2CCOCC2)cc1CCC(=O)Nc1ccc(N2CCN(C)CC2)cc1. The van der Waals surface area contributed by atoms with E-state index in [1.165, 1.54) is 11.4 Å². The number of nitrogens with zero attached hydrogens (tertiary/aromatic N) is 3. The van der Waals surface area contributed by atoms with Crippen molar-refractivity contribution >= 4 is 27.3 Å². The van der Waals surface area contributed by atoms with Crippen molar-refractivity contribution in [2.45, 2.75) is 17.7 Å². The van der Waals surface area contributed by atoms with Crippen molar-refractivity contribution in [2.75, 3.05) is 76.9 Å². The fraction of sp³-hybridized carbons (Fsp3) is 0.480. The average molecular weight is 503 g/mol. The van der Waals surface area contributed by atoms with Crippen LogP contribution < -0.4 is 15.0 Å². The predicted molar refractivity (Wildman–Crippen MR) is 136 cm³/mol. The van der Waals surface area contributed by atoms with Crippen LogP contribution in [-0.2, 0) is 26.0 Å². The Hall–Kier alpha value is -2.66. The van der Waals surface area contributed by atoms with E-state index in [1.807, 2.05) is 24.3 Å². The Morgan fingerprint density at radius 2 is 1.69 bits per heavy atom. The number of amides is 1. The van der Waals surface area contributed by atoms with Crippen LogP contribution in [0.1, 0.15) is 12.0 Å². The van der Waals surface area contributed by atoms with E-state index in [4.69, 9.17) is 9.47 Å². The van der Waals surface area contributed by atoms with Crippen molar-refractivity contribution < 1.29 is 22.7 Å². The number of aryl methyl sites for hydroxylation is 1. The van der Waals surface area contributed by atoms with Crippen molar-refractivity contribution in [3.8, 4) is 5.75 Å². The van der Waals surface area contributed by atoms with Gasteiger partial charge in [-0.15, -0.1) is 0 Å². The highest BCUT2D eigenvalue weighted by molar-refractivity contribution is 7.89. The largest absolute Gasteiger partial charge is 0.496 e. The number of morpholine rings is 1. The molecule has 2 aliphatic heterocycles. The summed E-state index contributed by atoms with van der Waals surface area (Å²) in [6.07, 6.45) is 0.568. The number of hydrogen-bond donors (Lipinski definition) is 1. The minimum atomic E-state index is -3.62. The van der Waals surface area contributed by atoms with Crippen molar-refractivity contribution in [2.24, 2.45) is 0 Å². The van der Waals surface area contributed by atoms with E-state index >= 15 is 0 Å². The number of nitrogens with one attached hydrogen (secondary N) is 1. The number of benzene rings is 2. The first-order chi connectivity index (χ1) is 16.9. The maximum atomic E-state index is 13.0. The number of carbonyl (C=O) groups excluding carboxylic acids is 1. The van der Waals surface area contributed by atoms with E-state index in [0.717, 1.165) is 37.6 Å². The number of rotatable bonds is 8. The third kappa shape index (κ3) is 6.32. The summed E-state index contributed by atoms with van der Waals surface area (Å²) in [4.78, 5) is 17.5. The molecule has 1 amide bonds. The first kappa shape index (κ1) is 25.4. The molecule has 0 aliphatic carbocycles. The van der Waals surface area contributed by atoms with Crippen LogP contribution >= 0.6 is 0 Å². The molecule has 190 valence electrons. The number of sulfonamides is 1. The lowest BCUT2D eigenvalue weighted by atomic mass is 10.1. The van der Waals surface area contributed by atoms with Crippen LogP contribution in [0.15, 0.2) is 47.4 Å². The van der Waals surface area contributed by atoms with Gasteiger partial charge < -0.3 is 24.6 Å². The van der Waals surface area contributed by atoms with Gasteiger partial charge in [0.2, 0.25) is 15.9 Å². The molecule has 0 saturated carbocycles. The molecule has 35 heavy (non-hydrogen) atoms. The molecule has 0 spiro atoms. The maximum absolute atomic E-state index is 13.0. The highest BCUT2D eigenvalue weighted by Crippen LogP contribution is 2.26. The Balaban J connectivity index is 1.37. The van der Waals surface area contributed by atoms with Gasteiger partial charge in [0.1, 0.15) is 5.75 Å². The van der Waals surface area contributed by atoms with Crippen LogP contribution in [0.4, 0.5) is 11.4 Å². The molecule has 2 aliphatic rings. The minimum absolute atomic E-state index is 0.138. The zero-order chi connectivity index (χ0) is 24.8. The highest BCUT2D eigenvalue weighted by Gasteiger charge is 2.27. The van der Waals surface area contributed by atoms with Crippen LogP contribution in [0.5, 0.6) is 5.75 Å². The lowest BCUT2D eigenvalue weighted by Crippen LogP contribution is -2.44. The molecule has 0 radical (unpaired) electrons. The molecule has 1 N–H and O–H groups in total. The van der Waals surface area contributed by atoms with E-state index in [1.54, 1.807) is 18.2 Å². The van der Waals surface area contributed by atoms with Crippen molar-refractivity contribution in [3.05, 3.63) is 48.0 Å². The van der Waals surface area contributed by atoms with Crippen molar-refractivity contribution in [1.29, 1.82) is 0 Å². The Bertz CT molecular complexity index is 1110. The number of carbonyl (C=O) groups is 1. The van der Waals surface area contributed by atoms with Gasteiger partial charge in [-0.3, -0.25) is 4.79 Å². The molecule has 2 heterocycles. The molecule has 0 aromatic heterocycles. The molecule has 2 saturated heterocycles. The number of piperazine rings is 1. The third-order valence-electron chi connectivity index (χ3n) is 6.50. The topological polar surface area (TPSA) is 91.4 Å². The molecule has 0 atom stereocenters. The van der Waals surface area contributed by atoms with Gasteiger partial charge in [-0.1, -0.05) is 0 Å². The monoisotopic (exact) mass is 502 g/mol. The number of methoxy groups -OCH3 is 1. The van der Waals surface area contributed by atoms with E-state index in [-0.39, 0.29) is 17.2 Å². The standard InChI is InChI=1S/C25H34N4O5S/c1-27-11-13-28(14-12-27)22-6-4-21(5-7-22)26-25(30)10-3-20-19-23(8-9-24(20)33-2)35(31,32)29-15-17-34-18-16-29/h4-9,19H,3,10-18H2,1-2H3,(H,26,30). The van der Waals surface area contributed by atoms with E-state index in [0.29, 0.717) is 44.0 Å². The van der Waals surface area contributed by atoms with Crippen LogP contribution in [0, 0.1) is 0 Å². The first-order valence-corrected chi connectivity index (χ1v) is 13.4. The second-order valence-electron chi connectivity index (χ2n) is 8.88. The number of anilines is 2. The van der Waals surface area contributed by atoms with E-state index in [9.17, 15) is 13.2 Å². The summed E-state index contributed by atoms with van der Waals surface area (Å²) in [5.74, 6) is 0.427. The van der Waals surface area contributed by atoms with Crippen LogP contribution in [-0.4, -0.2) is 90.2 Å². The maximum Gasteiger partial charge on any atom is 0.243 e. The fourth-order valence-electron chi connectivity index (χ4n) is 4.34. The van der Waals surface area contributed by atoms with Gasteiger partial charge in [-0.25, -0.2) is 8.42 Å². The number of hydrogen-bond acceptors (Lipinski definition) is 7. The lowest BCUT2D eigenvalue weighted by Gasteiger charge is -2.34. The lowest BCUT2D eigenvalue weighted by molar-refractivity contribution is -0.116. The summed E-state index contributed by atoms with van der Waals surface area (Å²) in [6.45, 7) is 5.50. The van der Waals surface area contributed by atoms with Gasteiger partial charge in [0.25, 0.3) is 0 Å². The van der Waals surface area contributed by atoms with Gasteiger partial charge in [0.15, 0.2) is 0 Å². The zero-order valence-electron chi connectivity index (χ0n) is 20.4. The molecule has 4 rings (SSSR count). The normalized spacial score (nSPS) is 17.8. The van der Waals surface area contributed by atoms with Crippen molar-refractivity contribution in [1.82, 2.24) is 9.21 Å². The van der Waals surface area contributed by atoms with Gasteiger partial charge in [-0.2, -0.15) is 4.31 Å². The quantitative estimate of drug-likeness (QED) is 0.591. The summed E-state index contributed by atoms with van der Waals surface area (Å²) in [5, 5.41) is 2.94. The molecular weight excluding hydrogens is 468 g/mol. The Morgan fingerprint density at radius 3 is 2.34 bits per heavy atom. The predicted octanol–water partition coefficient (Wildman–Crippen LogP) is 2.04. The van der Waals surface area contributed by atoms with Gasteiger partial charge in [0, 0.05) is 57.1 Å². The van der Waals surface area contributed by atoms with Gasteiger partial charge in [-0.05, 0) is 61.5 Å². The minimum Gasteiger partial charge on any atom is -0.496 e. The summed E-state index contributed by atoms with van der Waals surface area (Å²) in [7, 11) is 0.0459. The second-order valence-corrected chi connectivity index (χ2v) is 10.8. The number of likely N-dealkylation sites (N-methyl/N-ethyl adjacent to an activating group) is 1. The zero-order valence-corrected chi connectivity index (χ0v) is 21.2. The first-order valence-electron chi connectivity index (χ1n) is 11.9. The summed E-state index contributed by atoms with van der Waals surface area (Å²) in [6, 6.07) is 12.7. The van der Waals surface area contributed by atoms with E-state index < -0.39 is 10.0 Å². The second kappa shape index (κ2) is 11.4. The van der Waals surface area contributed by atoms with Crippen molar-refractivity contribution in [3.63, 3.8) is 0 Å². The van der Waals surface area contributed by atoms with Crippen LogP contribution in [0.25, 0.3) is 0 Å². The molecule has 2 fully saturated rings. The summed E-state index contributed by atoms with van der Waals surface area (Å²) >= 11 is 0. The third-order valence-corrected chi connectivity index (χ3v) is 8.40. The van der Waals surface area contributed by atoms with Crippen LogP contribution in [0.3, 0.4) is 0 Å². The van der Waals surface area contributed by atoms with Gasteiger partial charge >= 0.3 is 0 Å². The Morgan fingerprint density at radius 1 is 1.00 bits per heavy atom. The highest BCUT2D eigenvalue weighted by atomic mass is 32.2. The molecule has 9 nitrogen and oxygen atoms in total. The Labute approximate surface area is 207 Å². The van der Waals surface area contributed by atoms with Gasteiger partial charge in [0.05, 0.1) is 25.2 Å². The molecule has 2 aromatic rings. The average Bonchev–Trinajstić information content (AvgIpc) is 2.89. The smallest absolute Gasteiger partial charge is 0.243 e. The molecule has 10 heteroatoms. The molecule has 0 unspecified atom stereocenters. The molecule has 2 aromatic carbocycles. The molecular formula is C25H34N4O5S. The summed E-state index contributed by atoms with van der Waals surface area (Å²) < 4.78 is 38.2. The summed E-state index contributed by atoms with van der Waals surface area (Å²) in [5.41, 5.74) is 2.57. The van der Waals surface area contributed by atoms with Crippen LogP contribution in [0.2, 0.25) is 0 Å². The Kier molecular flexibility index (Phi) is 8.27. The molecule has 0 bridgehead atoms. The van der Waals surface area contributed by atoms with E-state index in [2.05, 4.69) is 22.2 Å².